The van der Waals surface area contributed by atoms with Gasteiger partial charge in [-0.1, -0.05) is 91.0 Å². The van der Waals surface area contributed by atoms with E-state index in [1.807, 2.05) is 66.7 Å². The van der Waals surface area contributed by atoms with Crippen LogP contribution in [-0.2, 0) is 35.1 Å². The van der Waals surface area contributed by atoms with Gasteiger partial charge < -0.3 is 31.5 Å². The maximum Gasteiger partial charge on any atom is 0.268 e. The highest BCUT2D eigenvalue weighted by atomic mass is 32.2. The predicted octanol–water partition coefficient (Wildman–Crippen LogP) is 4.79. The second-order valence-electron chi connectivity index (χ2n) is 12.6. The zero-order valence-corrected chi connectivity index (χ0v) is 27.9. The second-order valence-corrected chi connectivity index (χ2v) is 14.2. The number of ether oxygens (including phenoxy) is 1. The molecule has 4 heterocycles. The fourth-order valence-electron chi connectivity index (χ4n) is 6.44. The highest BCUT2D eigenvalue weighted by Gasteiger charge is 2.38. The average molecular weight is 686 g/mol. The Kier molecular flexibility index (Phi) is 11.4. The highest BCUT2D eigenvalue weighted by molar-refractivity contribution is 7.86. The number of aromatic hydroxyl groups is 1. The number of nitrogens with zero attached hydrogens (tertiary/aromatic N) is 1. The second kappa shape index (κ2) is 15.7. The van der Waals surface area contributed by atoms with Gasteiger partial charge in [-0.15, -0.1) is 0 Å². The third-order valence-electron chi connectivity index (χ3n) is 8.94. The molecule has 11 heteroatoms. The molecule has 4 aliphatic heterocycles. The number of allylic oxidation sites excluding steroid dienone is 1. The monoisotopic (exact) mass is 685 g/mol. The van der Waals surface area contributed by atoms with Crippen LogP contribution >= 0.6 is 0 Å². The smallest absolute Gasteiger partial charge is 0.268 e. The van der Waals surface area contributed by atoms with Crippen LogP contribution in [0.15, 0.2) is 120 Å². The Bertz CT molecular complexity index is 1830. The van der Waals surface area contributed by atoms with Gasteiger partial charge in [0.2, 0.25) is 5.72 Å². The molecule has 5 atom stereocenters. The topological polar surface area (TPSA) is 189 Å². The van der Waals surface area contributed by atoms with Crippen LogP contribution in [0.1, 0.15) is 46.8 Å². The van der Waals surface area contributed by atoms with E-state index in [-0.39, 0.29) is 43.5 Å². The molecule has 10 nitrogen and oxygen atoms in total. The summed E-state index contributed by atoms with van der Waals surface area (Å²) in [5.41, 5.74) is 14.4. The van der Waals surface area contributed by atoms with Crippen LogP contribution in [0.3, 0.4) is 0 Å². The number of hydrogen-bond acceptors (Lipinski definition) is 7. The molecule has 8 N–H and O–H groups in total. The largest absolute Gasteiger partial charge is 0.508 e. The number of nitrogens with two attached hydrogens (primary N) is 2. The standard InChI is InChI=1S/C38H43N3O7S/c39-37(40)41-38(24-29(25-42)22-27-4-2-1-3-5-27)32-14-6-28(7-15-32)23-31(13-20-35(44)30-11-16-33(43)17-12-30)36(49(45,46)47)21-10-26-8-18-34(48-38)19-9-26/h1-9,11-20,29,31,35-36,42-44H,10,21-25H2,(H4,39,40,41)(H,45,46,47)/b20-13+/t29-,31-,35-,36-,38-/m1/s1. The summed E-state index contributed by atoms with van der Waals surface area (Å²) < 4.78 is 42.8. The third-order valence-corrected chi connectivity index (χ3v) is 10.3. The molecule has 258 valence electrons. The van der Waals surface area contributed by atoms with Gasteiger partial charge in [0.05, 0.1) is 11.4 Å². The van der Waals surface area contributed by atoms with Crippen LogP contribution in [-0.4, -0.2) is 46.1 Å². The number of aliphatic hydroxyl groups is 2. The van der Waals surface area contributed by atoms with E-state index in [0.29, 0.717) is 29.7 Å². The molecule has 4 bridgehead atoms. The van der Waals surface area contributed by atoms with Crippen molar-refractivity contribution in [2.75, 3.05) is 6.61 Å². The minimum absolute atomic E-state index is 0.0574. The Morgan fingerprint density at radius 2 is 1.59 bits per heavy atom. The summed E-state index contributed by atoms with van der Waals surface area (Å²) in [4.78, 5) is 4.65. The summed E-state index contributed by atoms with van der Waals surface area (Å²) >= 11 is 0. The fraction of sp³-hybridized carbons (Fsp3) is 0.289. The van der Waals surface area contributed by atoms with Gasteiger partial charge in [0, 0.05) is 24.5 Å². The number of rotatable bonds is 10. The Labute approximate surface area is 287 Å². The number of aliphatic imine (C=N–C) groups is 1. The van der Waals surface area contributed by atoms with Gasteiger partial charge in [-0.3, -0.25) is 4.55 Å². The van der Waals surface area contributed by atoms with Crippen molar-refractivity contribution < 1.29 is 33.0 Å². The van der Waals surface area contributed by atoms with Crippen LogP contribution in [0.2, 0.25) is 0 Å². The minimum atomic E-state index is -4.51. The van der Waals surface area contributed by atoms with Crippen molar-refractivity contribution in [1.29, 1.82) is 0 Å². The lowest BCUT2D eigenvalue weighted by atomic mass is 9.86. The zero-order valence-electron chi connectivity index (χ0n) is 27.0. The van der Waals surface area contributed by atoms with E-state index in [4.69, 9.17) is 16.2 Å². The molecular formula is C38H43N3O7S. The van der Waals surface area contributed by atoms with E-state index in [1.54, 1.807) is 30.3 Å². The Balaban J connectivity index is 1.57. The van der Waals surface area contributed by atoms with Crippen molar-refractivity contribution in [3.05, 3.63) is 143 Å². The molecule has 8 rings (SSSR count). The van der Waals surface area contributed by atoms with E-state index in [1.165, 1.54) is 18.2 Å². The van der Waals surface area contributed by atoms with Crippen molar-refractivity contribution in [2.24, 2.45) is 28.3 Å². The first kappa shape index (κ1) is 35.6. The molecule has 49 heavy (non-hydrogen) atoms. The van der Waals surface area contributed by atoms with Crippen LogP contribution in [0, 0.1) is 11.8 Å². The minimum Gasteiger partial charge on any atom is -0.508 e. The molecular weight excluding hydrogens is 642 g/mol. The highest BCUT2D eigenvalue weighted by Crippen LogP contribution is 2.38. The first-order chi connectivity index (χ1) is 23.4. The first-order valence-corrected chi connectivity index (χ1v) is 17.7. The maximum atomic E-state index is 12.9. The normalized spacial score (nSPS) is 21.0. The molecule has 0 unspecified atom stereocenters. The van der Waals surface area contributed by atoms with Crippen LogP contribution in [0.5, 0.6) is 11.5 Å². The van der Waals surface area contributed by atoms with Gasteiger partial charge in [0.25, 0.3) is 10.1 Å². The van der Waals surface area contributed by atoms with Crippen molar-refractivity contribution in [1.82, 2.24) is 0 Å². The summed E-state index contributed by atoms with van der Waals surface area (Å²) in [6.07, 6.45) is 3.56. The van der Waals surface area contributed by atoms with Gasteiger partial charge in [-0.05, 0) is 78.1 Å². The van der Waals surface area contributed by atoms with Crippen molar-refractivity contribution in [3.8, 4) is 11.5 Å². The van der Waals surface area contributed by atoms with E-state index >= 15 is 0 Å². The van der Waals surface area contributed by atoms with Gasteiger partial charge >= 0.3 is 0 Å². The zero-order chi connectivity index (χ0) is 35.0. The summed E-state index contributed by atoms with van der Waals surface area (Å²) in [6.45, 7) is -0.141. The number of phenols is 1. The van der Waals surface area contributed by atoms with Crippen molar-refractivity contribution in [2.45, 2.75) is 49.2 Å². The lowest BCUT2D eigenvalue weighted by molar-refractivity contribution is 0.0349. The summed E-state index contributed by atoms with van der Waals surface area (Å²) in [6, 6.07) is 30.4. The molecule has 0 amide bonds. The maximum absolute atomic E-state index is 12.9. The van der Waals surface area contributed by atoms with Gasteiger partial charge in [0.15, 0.2) is 5.96 Å². The van der Waals surface area contributed by atoms with Crippen LogP contribution in [0.25, 0.3) is 0 Å². The van der Waals surface area contributed by atoms with Gasteiger partial charge in [0.1, 0.15) is 11.5 Å². The number of aryl methyl sites for hydroxylation is 1. The molecule has 0 fully saturated rings. The molecule has 0 radical (unpaired) electrons. The Hall–Kier alpha value is -4.68. The molecule has 4 aliphatic rings. The Morgan fingerprint density at radius 1 is 0.939 bits per heavy atom. The summed E-state index contributed by atoms with van der Waals surface area (Å²) in [5, 5.41) is 29.8. The lowest BCUT2D eigenvalue weighted by Crippen LogP contribution is -2.39. The van der Waals surface area contributed by atoms with Gasteiger partial charge in [-0.25, -0.2) is 4.99 Å². The molecule has 0 saturated heterocycles. The lowest BCUT2D eigenvalue weighted by Gasteiger charge is -2.34. The van der Waals surface area contributed by atoms with Crippen LogP contribution in [0.4, 0.5) is 0 Å². The van der Waals surface area contributed by atoms with E-state index in [2.05, 4.69) is 4.99 Å². The van der Waals surface area contributed by atoms with Gasteiger partial charge in [-0.2, -0.15) is 8.42 Å². The van der Waals surface area contributed by atoms with E-state index in [0.717, 1.165) is 16.7 Å². The number of hydrogen-bond donors (Lipinski definition) is 6. The molecule has 4 aromatic carbocycles. The van der Waals surface area contributed by atoms with Crippen molar-refractivity contribution in [3.63, 3.8) is 0 Å². The molecule has 0 spiro atoms. The number of aliphatic hydroxyl groups excluding tert-OH is 2. The van der Waals surface area contributed by atoms with Crippen LogP contribution < -0.4 is 16.2 Å². The first-order valence-electron chi connectivity index (χ1n) is 16.2. The van der Waals surface area contributed by atoms with E-state index < -0.39 is 33.1 Å². The van der Waals surface area contributed by atoms with E-state index in [9.17, 15) is 28.3 Å². The SMILES string of the molecule is NC(N)=N[C@]1(C[C@H](CO)Cc2ccccc2)Oc2ccc(cc2)CC[C@@H](S(=O)(=O)O)[C@H](/C=C/[C@@H](O)c2ccc(O)cc2)Cc2ccc1cc2. The fourth-order valence-corrected chi connectivity index (χ4v) is 7.48. The summed E-state index contributed by atoms with van der Waals surface area (Å²) in [7, 11) is -4.51. The van der Waals surface area contributed by atoms with Crippen molar-refractivity contribution >= 4 is 16.1 Å². The molecule has 4 aromatic rings. The number of benzene rings is 4. The summed E-state index contributed by atoms with van der Waals surface area (Å²) in [5.74, 6) is -0.651. The number of guanidine groups is 1. The Morgan fingerprint density at radius 3 is 2.20 bits per heavy atom. The molecule has 0 saturated carbocycles. The predicted molar refractivity (Wildman–Crippen MR) is 189 cm³/mol. The number of phenolic OH excluding ortho intramolecular Hbond substituents is 1. The molecule has 0 aromatic heterocycles. The molecule has 0 aliphatic carbocycles. The quantitative estimate of drug-likeness (QED) is 0.0590. The third kappa shape index (κ3) is 9.48. The average Bonchev–Trinajstić information content (AvgIpc) is 3.08.